The maximum absolute atomic E-state index is 13.6. The maximum atomic E-state index is 13.6. The minimum atomic E-state index is -4.49. The van der Waals surface area contributed by atoms with E-state index in [4.69, 9.17) is 0 Å². The predicted molar refractivity (Wildman–Crippen MR) is 77.6 cm³/mol. The number of nitrogens with one attached hydrogen (secondary N) is 1. The normalized spacial score (nSPS) is 11.5. The van der Waals surface area contributed by atoms with E-state index in [1.807, 2.05) is 25.1 Å². The molecule has 2 aromatic carbocycles. The van der Waals surface area contributed by atoms with Crippen LogP contribution in [0.2, 0.25) is 0 Å². The quantitative estimate of drug-likeness (QED) is 0.709. The van der Waals surface area contributed by atoms with E-state index >= 15 is 0 Å². The molecule has 2 rings (SSSR count). The van der Waals surface area contributed by atoms with E-state index in [1.165, 1.54) is 0 Å². The Morgan fingerprint density at radius 3 is 2.43 bits per heavy atom. The molecule has 0 heterocycles. The van der Waals surface area contributed by atoms with Crippen LogP contribution in [0.5, 0.6) is 0 Å². The van der Waals surface area contributed by atoms with Gasteiger partial charge in [0.1, 0.15) is 5.82 Å². The highest BCUT2D eigenvalue weighted by Crippen LogP contribution is 2.32. The fourth-order valence-electron chi connectivity index (χ4n) is 1.82. The van der Waals surface area contributed by atoms with Gasteiger partial charge in [-0.25, -0.2) is 4.39 Å². The molecule has 0 aliphatic carbocycles. The molecule has 0 fully saturated rings. The summed E-state index contributed by atoms with van der Waals surface area (Å²) in [6.07, 6.45) is -4.49. The largest absolute Gasteiger partial charge is 0.416 e. The van der Waals surface area contributed by atoms with Gasteiger partial charge in [0.25, 0.3) is 0 Å². The van der Waals surface area contributed by atoms with Gasteiger partial charge in [0.15, 0.2) is 0 Å². The third kappa shape index (κ3) is 3.97. The van der Waals surface area contributed by atoms with Gasteiger partial charge in [0.05, 0.1) is 11.3 Å². The number of aryl methyl sites for hydroxylation is 1. The number of alkyl halides is 3. The second-order valence-corrected chi connectivity index (χ2v) is 5.50. The molecule has 0 atom stereocenters. The van der Waals surface area contributed by atoms with E-state index in [0.29, 0.717) is 0 Å². The van der Waals surface area contributed by atoms with Crippen molar-refractivity contribution in [1.82, 2.24) is 0 Å². The summed E-state index contributed by atoms with van der Waals surface area (Å²) in [5, 5.41) is 2.70. The highest BCUT2D eigenvalue weighted by atomic mass is 79.9. The number of rotatable bonds is 3. The molecule has 112 valence electrons. The van der Waals surface area contributed by atoms with Gasteiger partial charge >= 0.3 is 6.18 Å². The van der Waals surface area contributed by atoms with Crippen LogP contribution >= 0.6 is 15.9 Å². The molecule has 0 aliphatic heterocycles. The van der Waals surface area contributed by atoms with Crippen LogP contribution in [0.3, 0.4) is 0 Å². The van der Waals surface area contributed by atoms with Crippen molar-refractivity contribution in [2.24, 2.45) is 0 Å². The maximum Gasteiger partial charge on any atom is 0.416 e. The lowest BCUT2D eigenvalue weighted by molar-refractivity contribution is -0.137. The van der Waals surface area contributed by atoms with Crippen LogP contribution in [0.4, 0.5) is 23.2 Å². The molecular weight excluding hydrogens is 350 g/mol. The van der Waals surface area contributed by atoms with Crippen LogP contribution in [0.15, 0.2) is 40.9 Å². The fraction of sp³-hybridized carbons (Fsp3) is 0.200. The Kier molecular flexibility index (Phi) is 4.56. The van der Waals surface area contributed by atoms with Gasteiger partial charge in [-0.3, -0.25) is 0 Å². The third-order valence-electron chi connectivity index (χ3n) is 2.97. The van der Waals surface area contributed by atoms with Gasteiger partial charge < -0.3 is 5.32 Å². The molecule has 0 saturated carbocycles. The summed E-state index contributed by atoms with van der Waals surface area (Å²) in [5.74, 6) is -0.716. The summed E-state index contributed by atoms with van der Waals surface area (Å²) in [7, 11) is 0. The Hall–Kier alpha value is -1.56. The zero-order chi connectivity index (χ0) is 15.6. The highest BCUT2D eigenvalue weighted by Gasteiger charge is 2.31. The molecule has 1 N–H and O–H groups in total. The van der Waals surface area contributed by atoms with E-state index in [2.05, 4.69) is 21.2 Å². The minimum absolute atomic E-state index is 0.169. The molecule has 0 unspecified atom stereocenters. The smallest absolute Gasteiger partial charge is 0.379 e. The zero-order valence-corrected chi connectivity index (χ0v) is 12.6. The van der Waals surface area contributed by atoms with Crippen LogP contribution in [-0.4, -0.2) is 0 Å². The molecule has 2 aromatic rings. The van der Waals surface area contributed by atoms with Crippen molar-refractivity contribution >= 4 is 21.6 Å². The molecule has 21 heavy (non-hydrogen) atoms. The van der Waals surface area contributed by atoms with Crippen molar-refractivity contribution in [2.75, 3.05) is 5.32 Å². The van der Waals surface area contributed by atoms with Crippen molar-refractivity contribution in [3.8, 4) is 0 Å². The number of hydrogen-bond acceptors (Lipinski definition) is 1. The number of halogens is 5. The van der Waals surface area contributed by atoms with Gasteiger partial charge in [0, 0.05) is 11.0 Å². The average molecular weight is 362 g/mol. The Bertz CT molecular complexity index is 653. The number of hydrogen-bond donors (Lipinski definition) is 1. The summed E-state index contributed by atoms with van der Waals surface area (Å²) < 4.78 is 52.2. The van der Waals surface area contributed by atoms with Crippen LogP contribution in [-0.2, 0) is 12.7 Å². The van der Waals surface area contributed by atoms with Crippen molar-refractivity contribution < 1.29 is 17.6 Å². The lowest BCUT2D eigenvalue weighted by atomic mass is 10.1. The van der Waals surface area contributed by atoms with Crippen LogP contribution < -0.4 is 5.32 Å². The molecule has 0 bridgehead atoms. The lowest BCUT2D eigenvalue weighted by Gasteiger charge is -2.12. The predicted octanol–water partition coefficient (Wildman–Crippen LogP) is 5.53. The first-order chi connectivity index (χ1) is 9.77. The second-order valence-electron chi connectivity index (χ2n) is 4.64. The zero-order valence-electron chi connectivity index (χ0n) is 11.1. The van der Waals surface area contributed by atoms with Gasteiger partial charge in [-0.05, 0) is 42.3 Å². The van der Waals surface area contributed by atoms with Crippen molar-refractivity contribution in [3.05, 3.63) is 63.4 Å². The first-order valence-corrected chi connectivity index (χ1v) is 6.92. The van der Waals surface area contributed by atoms with Crippen molar-refractivity contribution in [1.29, 1.82) is 0 Å². The van der Waals surface area contributed by atoms with Crippen molar-refractivity contribution in [2.45, 2.75) is 19.6 Å². The van der Waals surface area contributed by atoms with E-state index in [9.17, 15) is 17.6 Å². The van der Waals surface area contributed by atoms with Gasteiger partial charge in [0.2, 0.25) is 0 Å². The van der Waals surface area contributed by atoms with Crippen LogP contribution in [0.25, 0.3) is 0 Å². The Morgan fingerprint density at radius 1 is 1.10 bits per heavy atom. The summed E-state index contributed by atoms with van der Waals surface area (Å²) >= 11 is 3.37. The van der Waals surface area contributed by atoms with E-state index < -0.39 is 17.6 Å². The minimum Gasteiger partial charge on any atom is -0.379 e. The topological polar surface area (TPSA) is 12.0 Å². The fourth-order valence-corrected chi connectivity index (χ4v) is 2.46. The van der Waals surface area contributed by atoms with E-state index in [-0.39, 0.29) is 12.2 Å². The Balaban J connectivity index is 2.19. The Labute approximate surface area is 128 Å². The molecule has 0 amide bonds. The molecule has 6 heteroatoms. The summed E-state index contributed by atoms with van der Waals surface area (Å²) in [4.78, 5) is 0. The van der Waals surface area contributed by atoms with E-state index in [0.717, 1.165) is 33.8 Å². The summed E-state index contributed by atoms with van der Waals surface area (Å²) in [5.41, 5.74) is 0.833. The monoisotopic (exact) mass is 361 g/mol. The SMILES string of the molecule is Cc1ccc(CNc2cc(C(F)(F)F)ccc2F)c(Br)c1. The van der Waals surface area contributed by atoms with Crippen LogP contribution in [0, 0.1) is 12.7 Å². The molecule has 0 spiro atoms. The standard InChI is InChI=1S/C15H12BrF4N/c1-9-2-3-10(12(16)6-9)8-21-14-7-11(15(18,19)20)4-5-13(14)17/h2-7,21H,8H2,1H3. The van der Waals surface area contributed by atoms with E-state index in [1.54, 1.807) is 0 Å². The summed E-state index contributed by atoms with van der Waals surface area (Å²) in [6.45, 7) is 2.15. The molecule has 0 radical (unpaired) electrons. The molecule has 0 aromatic heterocycles. The van der Waals surface area contributed by atoms with Gasteiger partial charge in [-0.15, -0.1) is 0 Å². The lowest BCUT2D eigenvalue weighted by Crippen LogP contribution is -2.08. The Morgan fingerprint density at radius 2 is 1.81 bits per heavy atom. The van der Waals surface area contributed by atoms with Crippen molar-refractivity contribution in [3.63, 3.8) is 0 Å². The highest BCUT2D eigenvalue weighted by molar-refractivity contribution is 9.10. The van der Waals surface area contributed by atoms with Gasteiger partial charge in [-0.2, -0.15) is 13.2 Å². The molecule has 1 nitrogen and oxygen atoms in total. The second kappa shape index (κ2) is 6.05. The number of benzene rings is 2. The number of anilines is 1. The first-order valence-electron chi connectivity index (χ1n) is 6.13. The molecule has 0 saturated heterocycles. The molecule has 0 aliphatic rings. The average Bonchev–Trinajstić information content (AvgIpc) is 2.38. The van der Waals surface area contributed by atoms with Gasteiger partial charge in [-0.1, -0.05) is 28.1 Å². The third-order valence-corrected chi connectivity index (χ3v) is 3.71. The molecular formula is C15H12BrF4N. The first kappa shape index (κ1) is 15.8. The van der Waals surface area contributed by atoms with Crippen LogP contribution in [0.1, 0.15) is 16.7 Å². The summed E-state index contributed by atoms with van der Waals surface area (Å²) in [6, 6.07) is 7.91.